The number of fused-ring (bicyclic) bond motifs is 6. The molecule has 0 bridgehead atoms. The number of halogens is 1. The van der Waals surface area contributed by atoms with Crippen molar-refractivity contribution in [1.29, 1.82) is 0 Å². The number of aromatic nitrogens is 1. The maximum atomic E-state index is 14.1. The van der Waals surface area contributed by atoms with E-state index in [0.29, 0.717) is 22.5 Å². The number of ketones is 2. The Labute approximate surface area is 195 Å². The standard InChI is InChI=1S/C27H20FN3O3/c1-15(32)24-23(25(33)20-8-4-5-13-29-20)27(18-6-2-3-7-19(18)30-26(27)34)22-12-9-16-14-17(28)10-11-21(16)31(22)24/h2-14,22-24H,1H3,(H,30,34)/t22-,23-,24+,27+/m1/s1. The predicted octanol–water partition coefficient (Wildman–Crippen LogP) is 3.78. The molecule has 1 spiro atoms. The number of anilines is 2. The van der Waals surface area contributed by atoms with Crippen molar-refractivity contribution in [3.05, 3.63) is 95.6 Å². The van der Waals surface area contributed by atoms with Crippen LogP contribution in [0, 0.1) is 11.7 Å². The smallest absolute Gasteiger partial charge is 0.238 e. The summed E-state index contributed by atoms with van der Waals surface area (Å²) < 4.78 is 14.0. The second-order valence-corrected chi connectivity index (χ2v) is 8.90. The Morgan fingerprint density at radius 1 is 1.09 bits per heavy atom. The number of benzene rings is 2. The molecule has 1 N–H and O–H groups in total. The highest BCUT2D eigenvalue weighted by Crippen LogP contribution is 2.57. The Hall–Kier alpha value is -4.13. The summed E-state index contributed by atoms with van der Waals surface area (Å²) in [4.78, 5) is 47.3. The maximum absolute atomic E-state index is 14.1. The number of hydrogen-bond donors (Lipinski definition) is 1. The summed E-state index contributed by atoms with van der Waals surface area (Å²) in [6.07, 6.45) is 5.09. The van der Waals surface area contributed by atoms with Crippen molar-refractivity contribution < 1.29 is 18.8 Å². The molecule has 6 rings (SSSR count). The Morgan fingerprint density at radius 3 is 2.65 bits per heavy atom. The van der Waals surface area contributed by atoms with E-state index in [4.69, 9.17) is 0 Å². The minimum atomic E-state index is -1.36. The van der Waals surface area contributed by atoms with E-state index in [-0.39, 0.29) is 23.2 Å². The van der Waals surface area contributed by atoms with Gasteiger partial charge in [0.2, 0.25) is 5.91 Å². The highest BCUT2D eigenvalue weighted by molar-refractivity contribution is 6.16. The lowest BCUT2D eigenvalue weighted by molar-refractivity contribution is -0.122. The summed E-state index contributed by atoms with van der Waals surface area (Å²) in [5, 5.41) is 2.95. The van der Waals surface area contributed by atoms with Crippen LogP contribution in [0.25, 0.3) is 6.08 Å². The van der Waals surface area contributed by atoms with E-state index in [1.807, 2.05) is 29.2 Å². The van der Waals surface area contributed by atoms with Gasteiger partial charge in [0.05, 0.1) is 18.0 Å². The van der Waals surface area contributed by atoms with E-state index in [9.17, 15) is 18.8 Å². The number of carbonyl (C=O) groups is 3. The lowest BCUT2D eigenvalue weighted by Crippen LogP contribution is -2.51. The van der Waals surface area contributed by atoms with E-state index in [0.717, 1.165) is 0 Å². The first-order chi connectivity index (χ1) is 16.4. The molecule has 1 aromatic heterocycles. The SMILES string of the molecule is CC(=O)[C@H]1[C@H](C(=O)c2ccccn2)[C@@]2(C(=O)Nc3ccccc32)[C@H]2C=Cc3cc(F)ccc3N12. The van der Waals surface area contributed by atoms with Crippen molar-refractivity contribution in [2.75, 3.05) is 10.2 Å². The van der Waals surface area contributed by atoms with Gasteiger partial charge < -0.3 is 10.2 Å². The van der Waals surface area contributed by atoms with E-state index in [1.165, 1.54) is 25.3 Å². The van der Waals surface area contributed by atoms with Gasteiger partial charge in [-0.3, -0.25) is 19.4 Å². The first-order valence-corrected chi connectivity index (χ1v) is 11.1. The van der Waals surface area contributed by atoms with Crippen LogP contribution >= 0.6 is 0 Å². The van der Waals surface area contributed by atoms with Crippen LogP contribution in [0.3, 0.4) is 0 Å². The van der Waals surface area contributed by atoms with Crippen molar-refractivity contribution in [3.8, 4) is 0 Å². The van der Waals surface area contributed by atoms with Crippen LogP contribution in [0.5, 0.6) is 0 Å². The number of pyridine rings is 1. The van der Waals surface area contributed by atoms with Crippen LogP contribution in [-0.2, 0) is 15.0 Å². The molecule has 3 aliphatic rings. The van der Waals surface area contributed by atoms with Crippen LogP contribution in [0.1, 0.15) is 28.5 Å². The number of nitrogens with zero attached hydrogens (tertiary/aromatic N) is 2. The van der Waals surface area contributed by atoms with Crippen molar-refractivity contribution in [3.63, 3.8) is 0 Å². The third kappa shape index (κ3) is 2.55. The van der Waals surface area contributed by atoms with Gasteiger partial charge in [-0.2, -0.15) is 0 Å². The summed E-state index contributed by atoms with van der Waals surface area (Å²) in [6, 6.07) is 15.1. The second kappa shape index (κ2) is 7.18. The number of amides is 1. The predicted molar refractivity (Wildman–Crippen MR) is 125 cm³/mol. The molecule has 0 unspecified atom stereocenters. The fourth-order valence-corrected chi connectivity index (χ4v) is 5.97. The third-order valence-corrected chi connectivity index (χ3v) is 7.21. The van der Waals surface area contributed by atoms with E-state index >= 15 is 0 Å². The highest BCUT2D eigenvalue weighted by atomic mass is 19.1. The minimum absolute atomic E-state index is 0.193. The van der Waals surface area contributed by atoms with Gasteiger partial charge in [0, 0.05) is 23.1 Å². The summed E-state index contributed by atoms with van der Waals surface area (Å²) in [5.41, 5.74) is 1.33. The second-order valence-electron chi connectivity index (χ2n) is 8.90. The molecule has 1 saturated heterocycles. The first-order valence-electron chi connectivity index (χ1n) is 11.1. The van der Waals surface area contributed by atoms with Crippen molar-refractivity contribution >= 4 is 34.9 Å². The summed E-state index contributed by atoms with van der Waals surface area (Å²) >= 11 is 0. The molecular formula is C27H20FN3O3. The fourth-order valence-electron chi connectivity index (χ4n) is 5.97. The Kier molecular flexibility index (Phi) is 4.33. The van der Waals surface area contributed by atoms with Crippen LogP contribution < -0.4 is 10.2 Å². The number of para-hydroxylation sites is 1. The first kappa shape index (κ1) is 20.5. The molecule has 0 aliphatic carbocycles. The molecule has 1 amide bonds. The molecule has 34 heavy (non-hydrogen) atoms. The molecule has 0 radical (unpaired) electrons. The molecule has 7 heteroatoms. The van der Waals surface area contributed by atoms with Crippen LogP contribution in [-0.4, -0.2) is 34.5 Å². The topological polar surface area (TPSA) is 79.4 Å². The van der Waals surface area contributed by atoms with Crippen molar-refractivity contribution in [2.24, 2.45) is 5.92 Å². The molecule has 6 nitrogen and oxygen atoms in total. The average molecular weight is 453 g/mol. The average Bonchev–Trinajstić information content (AvgIpc) is 3.32. The Bertz CT molecular complexity index is 1400. The molecule has 4 heterocycles. The van der Waals surface area contributed by atoms with Gasteiger partial charge in [0.1, 0.15) is 16.9 Å². The molecule has 2 aromatic carbocycles. The van der Waals surface area contributed by atoms with Crippen LogP contribution in [0.2, 0.25) is 0 Å². The molecular weight excluding hydrogens is 433 g/mol. The van der Waals surface area contributed by atoms with Gasteiger partial charge in [-0.25, -0.2) is 4.39 Å². The molecule has 1 fully saturated rings. The van der Waals surface area contributed by atoms with Gasteiger partial charge in [0.15, 0.2) is 11.6 Å². The Morgan fingerprint density at radius 2 is 1.88 bits per heavy atom. The molecule has 0 saturated carbocycles. The number of nitrogens with one attached hydrogen (secondary N) is 1. The summed E-state index contributed by atoms with van der Waals surface area (Å²) in [7, 11) is 0. The molecule has 4 atom stereocenters. The number of hydrogen-bond acceptors (Lipinski definition) is 5. The highest BCUT2D eigenvalue weighted by Gasteiger charge is 2.70. The number of carbonyl (C=O) groups excluding carboxylic acids is 3. The monoisotopic (exact) mass is 453 g/mol. The van der Waals surface area contributed by atoms with E-state index < -0.39 is 29.2 Å². The fraction of sp³-hybridized carbons (Fsp3) is 0.185. The Balaban J connectivity index is 1.67. The number of rotatable bonds is 3. The summed E-state index contributed by atoms with van der Waals surface area (Å²) in [5.74, 6) is -2.40. The van der Waals surface area contributed by atoms with Gasteiger partial charge in [-0.05, 0) is 48.9 Å². The molecule has 3 aromatic rings. The lowest BCUT2D eigenvalue weighted by atomic mass is 9.64. The summed E-state index contributed by atoms with van der Waals surface area (Å²) in [6.45, 7) is 1.43. The van der Waals surface area contributed by atoms with Crippen LogP contribution in [0.4, 0.5) is 15.8 Å². The maximum Gasteiger partial charge on any atom is 0.238 e. The third-order valence-electron chi connectivity index (χ3n) is 7.21. The number of Topliss-reactive ketones (excluding diaryl/α,β-unsaturated/α-hetero) is 2. The van der Waals surface area contributed by atoms with Gasteiger partial charge in [0.25, 0.3) is 0 Å². The van der Waals surface area contributed by atoms with Gasteiger partial charge >= 0.3 is 0 Å². The van der Waals surface area contributed by atoms with Gasteiger partial charge in [-0.15, -0.1) is 0 Å². The molecule has 3 aliphatic heterocycles. The quantitative estimate of drug-likeness (QED) is 0.611. The zero-order valence-electron chi connectivity index (χ0n) is 18.2. The van der Waals surface area contributed by atoms with Gasteiger partial charge in [-0.1, -0.05) is 36.4 Å². The van der Waals surface area contributed by atoms with Crippen molar-refractivity contribution in [2.45, 2.75) is 24.4 Å². The largest absolute Gasteiger partial charge is 0.352 e. The van der Waals surface area contributed by atoms with Crippen molar-refractivity contribution in [1.82, 2.24) is 4.98 Å². The van der Waals surface area contributed by atoms with E-state index in [2.05, 4.69) is 10.3 Å². The van der Waals surface area contributed by atoms with Crippen LogP contribution in [0.15, 0.2) is 72.9 Å². The van der Waals surface area contributed by atoms with E-state index in [1.54, 1.807) is 36.4 Å². The molecule has 168 valence electrons. The lowest BCUT2D eigenvalue weighted by Gasteiger charge is -2.37. The minimum Gasteiger partial charge on any atom is -0.352 e. The normalized spacial score (nSPS) is 26.1. The zero-order chi connectivity index (χ0) is 23.6. The zero-order valence-corrected chi connectivity index (χ0v) is 18.2.